The summed E-state index contributed by atoms with van der Waals surface area (Å²) in [7, 11) is 0. The van der Waals surface area contributed by atoms with Gasteiger partial charge in [0.15, 0.2) is 6.29 Å². The maximum absolute atomic E-state index is 9.29. The van der Waals surface area contributed by atoms with Gasteiger partial charge in [-0.05, 0) is 46.1 Å². The fraction of sp³-hybridized carbons (Fsp3) is 0.435. The number of nitriles is 1. The molecule has 1 aromatic carbocycles. The minimum absolute atomic E-state index is 0.174. The summed E-state index contributed by atoms with van der Waals surface area (Å²) in [4.78, 5) is 12.3. The Morgan fingerprint density at radius 2 is 2.20 bits per heavy atom. The van der Waals surface area contributed by atoms with Crippen molar-refractivity contribution in [2.45, 2.75) is 51.9 Å². The van der Waals surface area contributed by atoms with Gasteiger partial charge in [-0.1, -0.05) is 12.1 Å². The molecule has 7 nitrogen and oxygen atoms in total. The second kappa shape index (κ2) is 8.42. The molecule has 3 heterocycles. The molecule has 1 aliphatic rings. The van der Waals surface area contributed by atoms with Crippen molar-refractivity contribution in [3.63, 3.8) is 0 Å². The van der Waals surface area contributed by atoms with Gasteiger partial charge in [0.1, 0.15) is 18.4 Å². The number of nitrogens with one attached hydrogen (secondary N) is 1. The van der Waals surface area contributed by atoms with Gasteiger partial charge in [0.05, 0.1) is 28.6 Å². The number of H-pyrrole nitrogens is 1. The lowest BCUT2D eigenvalue weighted by Gasteiger charge is -2.32. The molecule has 1 aliphatic heterocycles. The Bertz CT molecular complexity index is 1080. The van der Waals surface area contributed by atoms with Crippen molar-refractivity contribution in [1.29, 1.82) is 5.26 Å². The summed E-state index contributed by atoms with van der Waals surface area (Å²) >= 11 is 0. The molecular formula is C23H26N4O3. The minimum Gasteiger partial charge on any atom is -0.473 e. The van der Waals surface area contributed by atoms with E-state index in [-0.39, 0.29) is 6.29 Å². The lowest BCUT2D eigenvalue weighted by atomic mass is 10.1. The summed E-state index contributed by atoms with van der Waals surface area (Å²) in [6, 6.07) is 7.84. The lowest BCUT2D eigenvalue weighted by Crippen LogP contribution is -2.39. The second-order valence-corrected chi connectivity index (χ2v) is 8.15. The Hall–Kier alpha value is -2.95. The quantitative estimate of drug-likeness (QED) is 0.648. The van der Waals surface area contributed by atoms with E-state index in [0.717, 1.165) is 48.0 Å². The third-order valence-electron chi connectivity index (χ3n) is 5.16. The lowest BCUT2D eigenvalue weighted by molar-refractivity contribution is -0.221. The van der Waals surface area contributed by atoms with E-state index in [4.69, 9.17) is 14.2 Å². The first-order chi connectivity index (χ1) is 14.5. The Labute approximate surface area is 176 Å². The van der Waals surface area contributed by atoms with Gasteiger partial charge in [-0.25, -0.2) is 9.97 Å². The van der Waals surface area contributed by atoms with Gasteiger partial charge >= 0.3 is 0 Å². The van der Waals surface area contributed by atoms with Crippen LogP contribution in [0.1, 0.15) is 44.4 Å². The molecule has 1 N–H and O–H groups in total. The highest BCUT2D eigenvalue weighted by molar-refractivity contribution is 5.97. The SMILES string of the molecule is Cc1nc(-c2c[nH]c3c(C#N)cccc23)cnc1OCC(C)(C)OC1CCCCO1. The number of hydrogen-bond donors (Lipinski definition) is 1. The number of hydrogen-bond acceptors (Lipinski definition) is 6. The van der Waals surface area contributed by atoms with Crippen molar-refractivity contribution < 1.29 is 14.2 Å². The van der Waals surface area contributed by atoms with Crippen LogP contribution in [0.3, 0.4) is 0 Å². The molecule has 1 unspecified atom stereocenters. The number of nitrogens with zero attached hydrogens (tertiary/aromatic N) is 3. The second-order valence-electron chi connectivity index (χ2n) is 8.15. The summed E-state index contributed by atoms with van der Waals surface area (Å²) in [6.07, 6.45) is 6.50. The van der Waals surface area contributed by atoms with Crippen LogP contribution in [0.5, 0.6) is 5.88 Å². The van der Waals surface area contributed by atoms with Crippen LogP contribution in [-0.2, 0) is 9.47 Å². The fourth-order valence-electron chi connectivity index (χ4n) is 3.64. The van der Waals surface area contributed by atoms with Gasteiger partial charge in [-0.3, -0.25) is 0 Å². The summed E-state index contributed by atoms with van der Waals surface area (Å²) < 4.78 is 17.7. The Morgan fingerprint density at radius 3 is 2.93 bits per heavy atom. The van der Waals surface area contributed by atoms with E-state index in [9.17, 15) is 5.26 Å². The third kappa shape index (κ3) is 4.30. The van der Waals surface area contributed by atoms with Crippen LogP contribution in [0.2, 0.25) is 0 Å². The number of aromatic nitrogens is 3. The van der Waals surface area contributed by atoms with Gasteiger partial charge in [-0.2, -0.15) is 5.26 Å². The Kier molecular flexibility index (Phi) is 5.71. The van der Waals surface area contributed by atoms with E-state index < -0.39 is 5.60 Å². The molecule has 2 aromatic heterocycles. The summed E-state index contributed by atoms with van der Waals surface area (Å²) in [6.45, 7) is 6.94. The number of aromatic amines is 1. The highest BCUT2D eigenvalue weighted by Crippen LogP contribution is 2.30. The predicted molar refractivity (Wildman–Crippen MR) is 113 cm³/mol. The smallest absolute Gasteiger partial charge is 0.235 e. The molecule has 0 spiro atoms. The maximum Gasteiger partial charge on any atom is 0.235 e. The van der Waals surface area contributed by atoms with E-state index in [2.05, 4.69) is 21.0 Å². The average Bonchev–Trinajstić information content (AvgIpc) is 3.17. The van der Waals surface area contributed by atoms with Crippen LogP contribution in [0, 0.1) is 18.3 Å². The molecule has 0 bridgehead atoms. The number of para-hydroxylation sites is 1. The molecule has 0 radical (unpaired) electrons. The maximum atomic E-state index is 9.29. The number of rotatable bonds is 6. The predicted octanol–water partition coefficient (Wildman–Crippen LogP) is 4.51. The van der Waals surface area contributed by atoms with Gasteiger partial charge in [0.25, 0.3) is 0 Å². The number of ether oxygens (including phenoxy) is 3. The van der Waals surface area contributed by atoms with E-state index >= 15 is 0 Å². The molecule has 3 aromatic rings. The molecule has 0 saturated carbocycles. The number of aryl methyl sites for hydroxylation is 1. The highest BCUT2D eigenvalue weighted by atomic mass is 16.7. The largest absolute Gasteiger partial charge is 0.473 e. The van der Waals surface area contributed by atoms with E-state index in [1.807, 2.05) is 39.1 Å². The summed E-state index contributed by atoms with van der Waals surface area (Å²) in [5.41, 5.74) is 3.24. The van der Waals surface area contributed by atoms with Crippen molar-refractivity contribution in [1.82, 2.24) is 15.0 Å². The third-order valence-corrected chi connectivity index (χ3v) is 5.16. The van der Waals surface area contributed by atoms with Crippen LogP contribution in [0.25, 0.3) is 22.2 Å². The van der Waals surface area contributed by atoms with Gasteiger partial charge in [-0.15, -0.1) is 0 Å². The molecule has 7 heteroatoms. The number of benzene rings is 1. The van der Waals surface area contributed by atoms with Crippen LogP contribution >= 0.6 is 0 Å². The monoisotopic (exact) mass is 406 g/mol. The van der Waals surface area contributed by atoms with Gasteiger partial charge < -0.3 is 19.2 Å². The highest BCUT2D eigenvalue weighted by Gasteiger charge is 2.27. The fourth-order valence-corrected chi connectivity index (χ4v) is 3.64. The molecule has 156 valence electrons. The molecule has 0 amide bonds. The molecule has 4 rings (SSSR count). The summed E-state index contributed by atoms with van der Waals surface area (Å²) in [5, 5.41) is 10.2. The normalized spacial score (nSPS) is 17.1. The van der Waals surface area contributed by atoms with Crippen molar-refractivity contribution in [3.05, 3.63) is 41.9 Å². The van der Waals surface area contributed by atoms with E-state index in [0.29, 0.717) is 23.7 Å². The molecule has 1 saturated heterocycles. The summed E-state index contributed by atoms with van der Waals surface area (Å²) in [5.74, 6) is 0.484. The van der Waals surface area contributed by atoms with Crippen LogP contribution in [0.15, 0.2) is 30.6 Å². The minimum atomic E-state index is -0.501. The van der Waals surface area contributed by atoms with E-state index in [1.165, 1.54) is 0 Å². The van der Waals surface area contributed by atoms with Crippen molar-refractivity contribution in [2.24, 2.45) is 0 Å². The van der Waals surface area contributed by atoms with Gasteiger partial charge in [0, 0.05) is 23.8 Å². The standard InChI is InChI=1S/C23H26N4O3/c1-15-22(29-14-23(2,3)30-20-9-4-5-10-28-20)26-13-19(27-15)18-12-25-21-16(11-24)7-6-8-17(18)21/h6-8,12-13,20,25H,4-5,9-10,14H2,1-3H3. The average molecular weight is 406 g/mol. The molecule has 30 heavy (non-hydrogen) atoms. The molecular weight excluding hydrogens is 380 g/mol. The van der Waals surface area contributed by atoms with Crippen LogP contribution in [0.4, 0.5) is 0 Å². The zero-order chi connectivity index (χ0) is 21.1. The Balaban J connectivity index is 1.48. The first-order valence-electron chi connectivity index (χ1n) is 10.2. The number of fused-ring (bicyclic) bond motifs is 1. The van der Waals surface area contributed by atoms with E-state index in [1.54, 1.807) is 12.3 Å². The Morgan fingerprint density at radius 1 is 1.33 bits per heavy atom. The van der Waals surface area contributed by atoms with Gasteiger partial charge in [0.2, 0.25) is 5.88 Å². The topological polar surface area (TPSA) is 93.1 Å². The molecule has 1 atom stereocenters. The van der Waals surface area contributed by atoms with Crippen LogP contribution in [-0.4, -0.2) is 40.1 Å². The zero-order valence-corrected chi connectivity index (χ0v) is 17.6. The first kappa shape index (κ1) is 20.3. The molecule has 0 aliphatic carbocycles. The zero-order valence-electron chi connectivity index (χ0n) is 17.6. The van der Waals surface area contributed by atoms with Crippen LogP contribution < -0.4 is 4.74 Å². The van der Waals surface area contributed by atoms with Crippen molar-refractivity contribution in [3.8, 4) is 23.2 Å². The van der Waals surface area contributed by atoms with Crippen molar-refractivity contribution >= 4 is 10.9 Å². The van der Waals surface area contributed by atoms with Crippen molar-refractivity contribution in [2.75, 3.05) is 13.2 Å². The molecule has 1 fully saturated rings. The first-order valence-corrected chi connectivity index (χ1v) is 10.2.